The van der Waals surface area contributed by atoms with Gasteiger partial charge in [-0.05, 0) is 33.6 Å². The molecule has 0 aromatic rings. The molecule has 0 aromatic heterocycles. The Balaban J connectivity index is 2.00. The average Bonchev–Trinajstić information content (AvgIpc) is 2.33. The van der Waals surface area contributed by atoms with Gasteiger partial charge in [-0.1, -0.05) is 32.1 Å². The van der Waals surface area contributed by atoms with Gasteiger partial charge in [0.1, 0.15) is 11.2 Å². The Morgan fingerprint density at radius 2 is 1.64 bits per heavy atom. The largest absolute Gasteiger partial charge is 0.444 e. The molecule has 5 heteroatoms. The van der Waals surface area contributed by atoms with E-state index in [-0.39, 0.29) is 11.5 Å². The van der Waals surface area contributed by atoms with Crippen LogP contribution in [0, 0.1) is 5.41 Å². The Morgan fingerprint density at radius 3 is 2.09 bits per heavy atom. The number of aliphatic hydroxyl groups is 1. The van der Waals surface area contributed by atoms with Crippen molar-refractivity contribution in [2.45, 2.75) is 76.9 Å². The standard InChI is InChI=1S/C17H32N2O3/c1-15(2,3)22-14(20)19-12-17(21,13-19)16(11-18)9-7-5-4-6-8-10-16/h21H,4-13,18H2,1-3H3. The molecule has 0 atom stereocenters. The minimum absolute atomic E-state index is 0.244. The summed E-state index contributed by atoms with van der Waals surface area (Å²) in [6.45, 7) is 6.75. The fraction of sp³-hybridized carbons (Fsp3) is 0.941. The second-order valence-corrected chi connectivity index (χ2v) is 8.12. The summed E-state index contributed by atoms with van der Waals surface area (Å²) in [4.78, 5) is 13.7. The number of carbonyl (C=O) groups is 1. The zero-order chi connectivity index (χ0) is 16.4. The van der Waals surface area contributed by atoms with E-state index in [4.69, 9.17) is 10.5 Å². The van der Waals surface area contributed by atoms with Gasteiger partial charge in [0.2, 0.25) is 0 Å². The quantitative estimate of drug-likeness (QED) is 0.822. The van der Waals surface area contributed by atoms with E-state index < -0.39 is 11.2 Å². The molecule has 0 aromatic carbocycles. The number of nitrogens with two attached hydrogens (primary N) is 1. The lowest BCUT2D eigenvalue weighted by Gasteiger charge is -2.57. The van der Waals surface area contributed by atoms with E-state index in [1.807, 2.05) is 20.8 Å². The fourth-order valence-corrected chi connectivity index (χ4v) is 3.82. The van der Waals surface area contributed by atoms with Crippen molar-refractivity contribution < 1.29 is 14.6 Å². The summed E-state index contributed by atoms with van der Waals surface area (Å²) in [7, 11) is 0. The lowest BCUT2D eigenvalue weighted by Crippen LogP contribution is -2.72. The molecular weight excluding hydrogens is 280 g/mol. The van der Waals surface area contributed by atoms with Crippen LogP contribution in [0.15, 0.2) is 0 Å². The van der Waals surface area contributed by atoms with Gasteiger partial charge in [-0.25, -0.2) is 4.79 Å². The molecule has 1 heterocycles. The van der Waals surface area contributed by atoms with Gasteiger partial charge in [-0.15, -0.1) is 0 Å². The number of ether oxygens (including phenoxy) is 1. The molecule has 0 spiro atoms. The Hall–Kier alpha value is -0.810. The van der Waals surface area contributed by atoms with E-state index in [9.17, 15) is 9.90 Å². The summed E-state index contributed by atoms with van der Waals surface area (Å²) in [6, 6.07) is 0. The second kappa shape index (κ2) is 6.36. The predicted octanol–water partition coefficient (Wildman–Crippen LogP) is 2.66. The van der Waals surface area contributed by atoms with Crippen LogP contribution in [-0.2, 0) is 4.74 Å². The van der Waals surface area contributed by atoms with Crippen molar-refractivity contribution in [3.63, 3.8) is 0 Å². The van der Waals surface area contributed by atoms with Crippen molar-refractivity contribution in [2.75, 3.05) is 19.6 Å². The van der Waals surface area contributed by atoms with E-state index in [0.717, 1.165) is 25.7 Å². The normalized spacial score (nSPS) is 24.9. The number of hydrogen-bond donors (Lipinski definition) is 2. The molecule has 1 amide bonds. The number of carbonyl (C=O) groups excluding carboxylic acids is 1. The molecule has 3 N–H and O–H groups in total. The Labute approximate surface area is 134 Å². The van der Waals surface area contributed by atoms with Crippen molar-refractivity contribution in [3.05, 3.63) is 0 Å². The van der Waals surface area contributed by atoms with Gasteiger partial charge in [0.25, 0.3) is 0 Å². The minimum Gasteiger partial charge on any atom is -0.444 e. The maximum atomic E-state index is 12.1. The van der Waals surface area contributed by atoms with Crippen molar-refractivity contribution in [2.24, 2.45) is 11.1 Å². The lowest BCUT2D eigenvalue weighted by molar-refractivity contribution is -0.178. The van der Waals surface area contributed by atoms with Crippen LogP contribution in [0.1, 0.15) is 65.7 Å². The number of rotatable bonds is 2. The minimum atomic E-state index is -0.851. The Bertz CT molecular complexity index is 389. The van der Waals surface area contributed by atoms with E-state index in [1.54, 1.807) is 4.90 Å². The van der Waals surface area contributed by atoms with Crippen molar-refractivity contribution in [1.82, 2.24) is 4.90 Å². The van der Waals surface area contributed by atoms with Gasteiger partial charge >= 0.3 is 6.09 Å². The first kappa shape index (κ1) is 17.5. The molecule has 1 aliphatic carbocycles. The SMILES string of the molecule is CC(C)(C)OC(=O)N1CC(O)(C2(CN)CCCCCCC2)C1. The Morgan fingerprint density at radius 1 is 1.14 bits per heavy atom. The third-order valence-corrected chi connectivity index (χ3v) is 5.25. The van der Waals surface area contributed by atoms with Crippen molar-refractivity contribution >= 4 is 6.09 Å². The molecule has 1 saturated carbocycles. The summed E-state index contributed by atoms with van der Waals surface area (Å²) >= 11 is 0. The van der Waals surface area contributed by atoms with Gasteiger partial charge < -0.3 is 20.5 Å². The molecule has 0 bridgehead atoms. The van der Waals surface area contributed by atoms with Crippen LogP contribution in [-0.4, -0.2) is 46.9 Å². The number of nitrogens with zero attached hydrogens (tertiary/aromatic N) is 1. The van der Waals surface area contributed by atoms with Gasteiger partial charge in [-0.3, -0.25) is 0 Å². The first-order chi connectivity index (χ1) is 10.2. The zero-order valence-electron chi connectivity index (χ0n) is 14.4. The van der Waals surface area contributed by atoms with Crippen LogP contribution >= 0.6 is 0 Å². The van der Waals surface area contributed by atoms with Crippen LogP contribution < -0.4 is 5.73 Å². The second-order valence-electron chi connectivity index (χ2n) is 8.12. The molecule has 2 rings (SSSR count). The summed E-state index contributed by atoms with van der Waals surface area (Å²) in [5.74, 6) is 0. The summed E-state index contributed by atoms with van der Waals surface area (Å²) < 4.78 is 5.38. The van der Waals surface area contributed by atoms with Gasteiger partial charge in [0, 0.05) is 12.0 Å². The van der Waals surface area contributed by atoms with Crippen LogP contribution in [0.25, 0.3) is 0 Å². The van der Waals surface area contributed by atoms with E-state index >= 15 is 0 Å². The van der Waals surface area contributed by atoms with E-state index in [2.05, 4.69) is 0 Å². The van der Waals surface area contributed by atoms with Crippen LogP contribution in [0.4, 0.5) is 4.79 Å². The average molecular weight is 312 g/mol. The highest BCUT2D eigenvalue weighted by atomic mass is 16.6. The molecule has 1 aliphatic heterocycles. The number of β-amino-alcohol motifs (C(OH)–C–C–N with tert-alkyl or cyclic N) is 1. The van der Waals surface area contributed by atoms with Crippen molar-refractivity contribution in [3.8, 4) is 0 Å². The number of hydrogen-bond acceptors (Lipinski definition) is 4. The Kier molecular flexibility index (Phi) is 5.07. The molecule has 5 nitrogen and oxygen atoms in total. The first-order valence-electron chi connectivity index (χ1n) is 8.62. The third-order valence-electron chi connectivity index (χ3n) is 5.25. The fourth-order valence-electron chi connectivity index (χ4n) is 3.82. The lowest BCUT2D eigenvalue weighted by atomic mass is 9.61. The maximum Gasteiger partial charge on any atom is 0.410 e. The topological polar surface area (TPSA) is 75.8 Å². The zero-order valence-corrected chi connectivity index (χ0v) is 14.4. The molecule has 0 radical (unpaired) electrons. The number of likely N-dealkylation sites (tertiary alicyclic amines) is 1. The maximum absolute atomic E-state index is 12.1. The number of amides is 1. The first-order valence-corrected chi connectivity index (χ1v) is 8.62. The molecule has 128 valence electrons. The monoisotopic (exact) mass is 312 g/mol. The summed E-state index contributed by atoms with van der Waals surface area (Å²) in [5.41, 5.74) is 4.48. The van der Waals surface area contributed by atoms with Gasteiger partial charge in [0.05, 0.1) is 13.1 Å². The van der Waals surface area contributed by atoms with Gasteiger partial charge in [0.15, 0.2) is 0 Å². The van der Waals surface area contributed by atoms with E-state index in [1.165, 1.54) is 19.3 Å². The molecule has 1 saturated heterocycles. The van der Waals surface area contributed by atoms with Crippen LogP contribution in [0.3, 0.4) is 0 Å². The van der Waals surface area contributed by atoms with Crippen LogP contribution in [0.5, 0.6) is 0 Å². The summed E-state index contributed by atoms with van der Waals surface area (Å²) in [5, 5.41) is 11.1. The van der Waals surface area contributed by atoms with Crippen LogP contribution in [0.2, 0.25) is 0 Å². The highest BCUT2D eigenvalue weighted by molar-refractivity contribution is 5.69. The molecule has 0 unspecified atom stereocenters. The highest BCUT2D eigenvalue weighted by Gasteiger charge is 2.57. The molecule has 2 fully saturated rings. The van der Waals surface area contributed by atoms with Gasteiger partial charge in [-0.2, -0.15) is 0 Å². The molecule has 22 heavy (non-hydrogen) atoms. The summed E-state index contributed by atoms with van der Waals surface area (Å²) in [6.07, 6.45) is 7.53. The molecular formula is C17H32N2O3. The smallest absolute Gasteiger partial charge is 0.410 e. The predicted molar refractivity (Wildman–Crippen MR) is 86.6 cm³/mol. The molecule has 2 aliphatic rings. The van der Waals surface area contributed by atoms with E-state index in [0.29, 0.717) is 19.6 Å². The van der Waals surface area contributed by atoms with Crippen molar-refractivity contribution in [1.29, 1.82) is 0 Å². The third kappa shape index (κ3) is 3.57. The highest BCUT2D eigenvalue weighted by Crippen LogP contribution is 2.47.